The van der Waals surface area contributed by atoms with E-state index in [0.717, 1.165) is 11.1 Å². The van der Waals surface area contributed by atoms with Gasteiger partial charge in [-0.05, 0) is 0 Å². The van der Waals surface area contributed by atoms with Crippen LogP contribution < -0.4 is 0 Å². The molecule has 0 fully saturated rings. The van der Waals surface area contributed by atoms with Crippen LogP contribution in [0.5, 0.6) is 0 Å². The summed E-state index contributed by atoms with van der Waals surface area (Å²) in [6.07, 6.45) is 0.804. The second-order valence-electron chi connectivity index (χ2n) is 2.51. The fourth-order valence-corrected chi connectivity index (χ4v) is 1.89. The average Bonchev–Trinajstić information content (AvgIpc) is 2.23. The van der Waals surface area contributed by atoms with Crippen molar-refractivity contribution >= 4 is 16.1 Å². The molecule has 7 heteroatoms. The van der Waals surface area contributed by atoms with Crippen molar-refractivity contribution in [3.05, 3.63) is 17.7 Å². The molecule has 0 bridgehead atoms. The van der Waals surface area contributed by atoms with Crippen LogP contribution in [-0.4, -0.2) is 36.1 Å². The molecule has 0 saturated carbocycles. The van der Waals surface area contributed by atoms with E-state index in [2.05, 4.69) is 0 Å². The highest BCUT2D eigenvalue weighted by Gasteiger charge is 2.39. The maximum Gasteiger partial charge on any atom is 0.280 e. The molecule has 1 rings (SSSR count). The molecule has 1 N–H and O–H groups in total. The van der Waals surface area contributed by atoms with Gasteiger partial charge in [0.1, 0.15) is 17.5 Å². The normalized spacial score (nSPS) is 23.0. The van der Waals surface area contributed by atoms with Crippen molar-refractivity contribution < 1.29 is 22.2 Å². The fraction of sp³-hybridized carbons (Fsp3) is 0.333. The van der Waals surface area contributed by atoms with Gasteiger partial charge < -0.3 is 4.90 Å². The van der Waals surface area contributed by atoms with E-state index in [1.807, 2.05) is 0 Å². The van der Waals surface area contributed by atoms with Gasteiger partial charge in [-0.3, -0.25) is 4.55 Å². The quantitative estimate of drug-likeness (QED) is 0.472. The molecule has 13 heavy (non-hydrogen) atoms. The van der Waals surface area contributed by atoms with Crippen LogP contribution in [-0.2, 0) is 14.9 Å². The lowest BCUT2D eigenvalue weighted by molar-refractivity contribution is 0.464. The lowest BCUT2D eigenvalue weighted by Crippen LogP contribution is -2.25. The molecule has 0 radical (unpaired) electrons. The molecule has 0 spiro atoms. The summed E-state index contributed by atoms with van der Waals surface area (Å²) in [5.41, 5.74) is -0.458. The summed E-state index contributed by atoms with van der Waals surface area (Å²) in [4.78, 5) is 11.2. The van der Waals surface area contributed by atoms with Gasteiger partial charge in [-0.15, -0.1) is 0 Å². The van der Waals surface area contributed by atoms with Crippen LogP contribution in [0, 0.1) is 0 Å². The molecule has 0 aliphatic carbocycles. The van der Waals surface area contributed by atoms with Gasteiger partial charge in [-0.25, -0.2) is 9.18 Å². The first-order valence-electron chi connectivity index (χ1n) is 3.19. The molecule has 0 aromatic heterocycles. The summed E-state index contributed by atoms with van der Waals surface area (Å²) < 4.78 is 42.6. The second kappa shape index (κ2) is 2.95. The summed E-state index contributed by atoms with van der Waals surface area (Å²) in [6.45, 7) is 0. The third-order valence-electron chi connectivity index (χ3n) is 1.60. The fourth-order valence-electron chi connectivity index (χ4n) is 1.05. The van der Waals surface area contributed by atoms with Crippen molar-refractivity contribution in [1.82, 2.24) is 4.90 Å². The molecule has 1 heterocycles. The summed E-state index contributed by atoms with van der Waals surface area (Å²) in [5.74, 6) is 0.168. The zero-order valence-electron chi connectivity index (χ0n) is 6.56. The topological polar surface area (TPSA) is 74.7 Å². The Morgan fingerprint density at radius 2 is 2.23 bits per heavy atom. The summed E-state index contributed by atoms with van der Waals surface area (Å²) in [5, 5.41) is -1.92. The predicted molar refractivity (Wildman–Crippen MR) is 41.5 cm³/mol. The molecular weight excluding hydrogens is 201 g/mol. The minimum Gasteiger partial charge on any atom is -0.341 e. The molecule has 1 aliphatic heterocycles. The van der Waals surface area contributed by atoms with Crippen molar-refractivity contribution in [1.29, 1.82) is 0 Å². The van der Waals surface area contributed by atoms with Crippen LogP contribution in [0.3, 0.4) is 0 Å². The number of rotatable bonds is 1. The van der Waals surface area contributed by atoms with Gasteiger partial charge in [-0.2, -0.15) is 8.42 Å². The van der Waals surface area contributed by atoms with Gasteiger partial charge in [-0.1, -0.05) is 0 Å². The first kappa shape index (κ1) is 9.91. The standard InChI is InChI=1S/C6H6FNO4S/c1-8-2-4(7)6(5(8)3-9)13(10,11)12/h2,6H,1H3,(H,10,11,12). The van der Waals surface area contributed by atoms with Crippen LogP contribution >= 0.6 is 0 Å². The smallest absolute Gasteiger partial charge is 0.280 e. The van der Waals surface area contributed by atoms with E-state index in [4.69, 9.17) is 4.55 Å². The van der Waals surface area contributed by atoms with Gasteiger partial charge in [0.2, 0.25) is 0 Å². The van der Waals surface area contributed by atoms with Crippen molar-refractivity contribution in [2.24, 2.45) is 0 Å². The lowest BCUT2D eigenvalue weighted by atomic mass is 10.3. The average molecular weight is 207 g/mol. The minimum atomic E-state index is -4.63. The summed E-state index contributed by atoms with van der Waals surface area (Å²) in [7, 11) is -3.35. The molecule has 1 aliphatic rings. The molecule has 1 unspecified atom stereocenters. The molecular formula is C6H6FNO4S. The Bertz CT molecular complexity index is 406. The Kier molecular flexibility index (Phi) is 2.25. The van der Waals surface area contributed by atoms with Gasteiger partial charge in [0.25, 0.3) is 10.1 Å². The largest absolute Gasteiger partial charge is 0.341 e. The van der Waals surface area contributed by atoms with Crippen molar-refractivity contribution in [3.63, 3.8) is 0 Å². The van der Waals surface area contributed by atoms with E-state index in [9.17, 15) is 17.6 Å². The predicted octanol–water partition coefficient (Wildman–Crippen LogP) is -0.285. The summed E-state index contributed by atoms with van der Waals surface area (Å²) >= 11 is 0. The molecule has 5 nitrogen and oxygen atoms in total. The van der Waals surface area contributed by atoms with E-state index in [1.54, 1.807) is 0 Å². The highest BCUT2D eigenvalue weighted by molar-refractivity contribution is 7.86. The van der Waals surface area contributed by atoms with Crippen molar-refractivity contribution in [2.45, 2.75) is 5.25 Å². The lowest BCUT2D eigenvalue weighted by Gasteiger charge is -2.10. The van der Waals surface area contributed by atoms with Crippen molar-refractivity contribution in [3.8, 4) is 0 Å². The molecule has 0 aromatic carbocycles. The Hall–Kier alpha value is -1.17. The Balaban J connectivity index is 3.27. The van der Waals surface area contributed by atoms with Crippen LogP contribution in [0.2, 0.25) is 0 Å². The maximum atomic E-state index is 12.9. The zero-order chi connectivity index (χ0) is 10.2. The van der Waals surface area contributed by atoms with E-state index in [1.165, 1.54) is 13.0 Å². The van der Waals surface area contributed by atoms with Gasteiger partial charge in [0.05, 0.1) is 0 Å². The highest BCUT2D eigenvalue weighted by Crippen LogP contribution is 2.28. The first-order valence-corrected chi connectivity index (χ1v) is 4.69. The molecule has 1 atom stereocenters. The van der Waals surface area contributed by atoms with Gasteiger partial charge in [0, 0.05) is 13.2 Å². The molecule has 0 aromatic rings. The monoisotopic (exact) mass is 207 g/mol. The maximum absolute atomic E-state index is 12.9. The Morgan fingerprint density at radius 1 is 1.69 bits per heavy atom. The number of nitrogens with zero attached hydrogens (tertiary/aromatic N) is 1. The van der Waals surface area contributed by atoms with Gasteiger partial charge >= 0.3 is 0 Å². The summed E-state index contributed by atoms with van der Waals surface area (Å²) in [6, 6.07) is 0. The Labute approximate surface area is 73.9 Å². The van der Waals surface area contributed by atoms with E-state index in [-0.39, 0.29) is 0 Å². The third-order valence-corrected chi connectivity index (χ3v) is 2.64. The third kappa shape index (κ3) is 1.62. The second-order valence-corrected chi connectivity index (χ2v) is 4.01. The van der Waals surface area contributed by atoms with E-state index < -0.39 is 26.9 Å². The number of carbonyl (C=O) groups excluding carboxylic acids is 1. The zero-order valence-corrected chi connectivity index (χ0v) is 7.38. The van der Waals surface area contributed by atoms with E-state index >= 15 is 0 Å². The van der Waals surface area contributed by atoms with Crippen LogP contribution in [0.1, 0.15) is 0 Å². The number of hydrogen-bond acceptors (Lipinski definition) is 4. The number of halogens is 1. The Morgan fingerprint density at radius 3 is 2.54 bits per heavy atom. The van der Waals surface area contributed by atoms with Crippen LogP contribution in [0.15, 0.2) is 17.7 Å². The van der Waals surface area contributed by atoms with Crippen LogP contribution in [0.25, 0.3) is 0 Å². The van der Waals surface area contributed by atoms with Gasteiger partial charge in [0.15, 0.2) is 5.25 Å². The molecule has 0 saturated heterocycles. The first-order chi connectivity index (χ1) is 5.88. The van der Waals surface area contributed by atoms with E-state index in [0.29, 0.717) is 0 Å². The minimum absolute atomic E-state index is 0.458. The number of hydrogen-bond donors (Lipinski definition) is 1. The molecule has 0 amide bonds. The van der Waals surface area contributed by atoms with Crippen molar-refractivity contribution in [2.75, 3.05) is 7.05 Å². The SMILES string of the molecule is CN1C=C(F)C(S(=O)(=O)O)C1=C=O. The highest BCUT2D eigenvalue weighted by atomic mass is 32.2. The van der Waals surface area contributed by atoms with Crippen LogP contribution in [0.4, 0.5) is 4.39 Å². The molecule has 72 valence electrons.